The first kappa shape index (κ1) is 20.3. The Bertz CT molecular complexity index is 1290. The van der Waals surface area contributed by atoms with Crippen molar-refractivity contribution in [3.63, 3.8) is 0 Å². The second-order valence-electron chi connectivity index (χ2n) is 8.52. The van der Waals surface area contributed by atoms with Crippen LogP contribution in [0.15, 0.2) is 66.7 Å². The van der Waals surface area contributed by atoms with Crippen LogP contribution in [0.4, 0.5) is 5.69 Å². The van der Waals surface area contributed by atoms with Crippen molar-refractivity contribution in [1.29, 1.82) is 0 Å². The van der Waals surface area contributed by atoms with Crippen LogP contribution in [0, 0.1) is 13.8 Å². The third kappa shape index (κ3) is 3.54. The first-order chi connectivity index (χ1) is 15.5. The molecule has 0 bridgehead atoms. The number of imidazole rings is 1. The number of benzene rings is 3. The quantitative estimate of drug-likeness (QED) is 0.440. The first-order valence-corrected chi connectivity index (χ1v) is 11.0. The summed E-state index contributed by atoms with van der Waals surface area (Å²) in [5, 5.41) is 0. The highest BCUT2D eigenvalue weighted by Gasteiger charge is 2.35. The molecule has 0 aliphatic carbocycles. The maximum Gasteiger partial charge on any atom is 0.227 e. The molecule has 1 atom stereocenters. The van der Waals surface area contributed by atoms with Gasteiger partial charge in [0.15, 0.2) is 0 Å². The van der Waals surface area contributed by atoms with Crippen LogP contribution in [0.1, 0.15) is 34.9 Å². The van der Waals surface area contributed by atoms with Crippen LogP contribution in [0.2, 0.25) is 0 Å². The second kappa shape index (κ2) is 8.15. The maximum atomic E-state index is 13.1. The topological polar surface area (TPSA) is 47.4 Å². The van der Waals surface area contributed by atoms with Gasteiger partial charge in [0.25, 0.3) is 0 Å². The standard InChI is InChI=1S/C27H27N3O2/c1-18-7-6-10-24(19(18)2)29-17-21(15-26(29)31)27-28-23-8-4-5-9-25(23)30(27)16-20-11-13-22(32-3)14-12-20/h4-14,21H,15-17H2,1-3H3. The molecule has 5 nitrogen and oxygen atoms in total. The summed E-state index contributed by atoms with van der Waals surface area (Å²) >= 11 is 0. The van der Waals surface area contributed by atoms with E-state index in [1.165, 1.54) is 11.1 Å². The number of rotatable bonds is 5. The molecular formula is C27H27N3O2. The molecule has 0 spiro atoms. The Kier molecular flexibility index (Phi) is 5.17. The van der Waals surface area contributed by atoms with Gasteiger partial charge in [-0.1, -0.05) is 36.4 Å². The van der Waals surface area contributed by atoms with Gasteiger partial charge in [-0.15, -0.1) is 0 Å². The summed E-state index contributed by atoms with van der Waals surface area (Å²) in [4.78, 5) is 20.0. The van der Waals surface area contributed by atoms with Crippen molar-refractivity contribution in [2.45, 2.75) is 32.7 Å². The number of aromatic nitrogens is 2. The number of methoxy groups -OCH3 is 1. The highest BCUT2D eigenvalue weighted by atomic mass is 16.5. The lowest BCUT2D eigenvalue weighted by atomic mass is 10.1. The molecule has 1 amide bonds. The number of anilines is 1. The van der Waals surface area contributed by atoms with Gasteiger partial charge in [-0.05, 0) is 60.9 Å². The largest absolute Gasteiger partial charge is 0.497 e. The van der Waals surface area contributed by atoms with Crippen molar-refractivity contribution in [1.82, 2.24) is 9.55 Å². The van der Waals surface area contributed by atoms with Crippen LogP contribution in [0.25, 0.3) is 11.0 Å². The Morgan fingerprint density at radius 1 is 1.00 bits per heavy atom. The minimum atomic E-state index is 0.0491. The van der Waals surface area contributed by atoms with Crippen molar-refractivity contribution in [3.05, 3.63) is 89.2 Å². The molecule has 162 valence electrons. The van der Waals surface area contributed by atoms with Crippen LogP contribution in [-0.4, -0.2) is 29.1 Å². The number of aryl methyl sites for hydroxylation is 1. The molecule has 1 unspecified atom stereocenters. The molecule has 5 rings (SSSR count). The predicted octanol–water partition coefficient (Wildman–Crippen LogP) is 5.23. The Hall–Kier alpha value is -3.60. The monoisotopic (exact) mass is 425 g/mol. The number of hydrogen-bond acceptors (Lipinski definition) is 3. The van der Waals surface area contributed by atoms with E-state index in [9.17, 15) is 4.79 Å². The fourth-order valence-electron chi connectivity index (χ4n) is 4.63. The van der Waals surface area contributed by atoms with Crippen molar-refractivity contribution < 1.29 is 9.53 Å². The summed E-state index contributed by atoms with van der Waals surface area (Å²) in [6.45, 7) is 5.53. The lowest BCUT2D eigenvalue weighted by Crippen LogP contribution is -2.25. The molecule has 0 saturated carbocycles. The van der Waals surface area contributed by atoms with Crippen molar-refractivity contribution >= 4 is 22.6 Å². The molecule has 3 aromatic carbocycles. The number of hydrogen-bond donors (Lipinski definition) is 0. The smallest absolute Gasteiger partial charge is 0.227 e. The normalized spacial score (nSPS) is 16.2. The lowest BCUT2D eigenvalue weighted by molar-refractivity contribution is -0.117. The number of para-hydroxylation sites is 2. The molecule has 32 heavy (non-hydrogen) atoms. The second-order valence-corrected chi connectivity index (χ2v) is 8.52. The van der Waals surface area contributed by atoms with E-state index in [0.29, 0.717) is 19.5 Å². The van der Waals surface area contributed by atoms with Gasteiger partial charge >= 0.3 is 0 Å². The van der Waals surface area contributed by atoms with Crippen LogP contribution in [0.3, 0.4) is 0 Å². The summed E-state index contributed by atoms with van der Waals surface area (Å²) in [7, 11) is 1.68. The fourth-order valence-corrected chi connectivity index (χ4v) is 4.63. The highest BCUT2D eigenvalue weighted by Crippen LogP contribution is 2.35. The molecule has 1 fully saturated rings. The number of fused-ring (bicyclic) bond motifs is 1. The van der Waals surface area contributed by atoms with Crippen LogP contribution >= 0.6 is 0 Å². The van der Waals surface area contributed by atoms with E-state index in [1.807, 2.05) is 47.4 Å². The highest BCUT2D eigenvalue weighted by molar-refractivity contribution is 5.97. The third-order valence-corrected chi connectivity index (χ3v) is 6.54. The Labute approximate surface area is 188 Å². The van der Waals surface area contributed by atoms with Gasteiger partial charge < -0.3 is 14.2 Å². The van der Waals surface area contributed by atoms with Crippen LogP contribution in [-0.2, 0) is 11.3 Å². The Balaban J connectivity index is 1.52. The van der Waals surface area contributed by atoms with E-state index in [2.05, 4.69) is 42.7 Å². The summed E-state index contributed by atoms with van der Waals surface area (Å²) in [6, 6.07) is 22.5. The van der Waals surface area contributed by atoms with Gasteiger partial charge in [0.05, 0.1) is 18.1 Å². The zero-order valence-corrected chi connectivity index (χ0v) is 18.7. The van der Waals surface area contributed by atoms with Crippen molar-refractivity contribution in [2.75, 3.05) is 18.6 Å². The van der Waals surface area contributed by atoms with Gasteiger partial charge in [0.1, 0.15) is 11.6 Å². The molecule has 1 saturated heterocycles. The molecule has 1 aliphatic rings. The lowest BCUT2D eigenvalue weighted by Gasteiger charge is -2.20. The molecule has 4 aromatic rings. The van der Waals surface area contributed by atoms with Gasteiger partial charge in [0.2, 0.25) is 5.91 Å². The number of carbonyl (C=O) groups is 1. The number of nitrogens with zero attached hydrogens (tertiary/aromatic N) is 3. The molecule has 1 aromatic heterocycles. The third-order valence-electron chi connectivity index (χ3n) is 6.54. The number of carbonyl (C=O) groups excluding carboxylic acids is 1. The maximum absolute atomic E-state index is 13.1. The predicted molar refractivity (Wildman–Crippen MR) is 127 cm³/mol. The van der Waals surface area contributed by atoms with Crippen molar-refractivity contribution in [3.8, 4) is 5.75 Å². The van der Waals surface area contributed by atoms with Crippen LogP contribution in [0.5, 0.6) is 5.75 Å². The van der Waals surface area contributed by atoms with E-state index in [0.717, 1.165) is 33.9 Å². The molecule has 5 heteroatoms. The fraction of sp³-hybridized carbons (Fsp3) is 0.259. The van der Waals surface area contributed by atoms with E-state index < -0.39 is 0 Å². The SMILES string of the molecule is COc1ccc(Cn2c(C3CC(=O)N(c4cccc(C)c4C)C3)nc3ccccc32)cc1. The molecule has 0 radical (unpaired) electrons. The number of amides is 1. The molecular weight excluding hydrogens is 398 g/mol. The van der Waals surface area contributed by atoms with E-state index in [-0.39, 0.29) is 11.8 Å². The average molecular weight is 426 g/mol. The van der Waals surface area contributed by atoms with Crippen molar-refractivity contribution in [2.24, 2.45) is 0 Å². The average Bonchev–Trinajstić information content (AvgIpc) is 3.37. The van der Waals surface area contributed by atoms with Gasteiger partial charge in [-0.25, -0.2) is 4.98 Å². The summed E-state index contributed by atoms with van der Waals surface area (Å²) in [5.41, 5.74) is 6.60. The van der Waals surface area contributed by atoms with E-state index >= 15 is 0 Å². The van der Waals surface area contributed by atoms with Gasteiger partial charge in [-0.2, -0.15) is 0 Å². The molecule has 1 aliphatic heterocycles. The summed E-state index contributed by atoms with van der Waals surface area (Å²) in [5.74, 6) is 2.03. The minimum absolute atomic E-state index is 0.0491. The number of ether oxygens (including phenoxy) is 1. The Morgan fingerprint density at radius 2 is 1.78 bits per heavy atom. The van der Waals surface area contributed by atoms with Gasteiger partial charge in [-0.3, -0.25) is 4.79 Å². The Morgan fingerprint density at radius 3 is 2.56 bits per heavy atom. The van der Waals surface area contributed by atoms with E-state index in [1.54, 1.807) is 7.11 Å². The molecule has 0 N–H and O–H groups in total. The summed E-state index contributed by atoms with van der Waals surface area (Å²) < 4.78 is 7.57. The van der Waals surface area contributed by atoms with Gasteiger partial charge in [0, 0.05) is 31.1 Å². The molecule has 2 heterocycles. The first-order valence-electron chi connectivity index (χ1n) is 11.0. The summed E-state index contributed by atoms with van der Waals surface area (Å²) in [6.07, 6.45) is 0.472. The zero-order valence-electron chi connectivity index (χ0n) is 18.7. The zero-order chi connectivity index (χ0) is 22.2. The minimum Gasteiger partial charge on any atom is -0.497 e. The van der Waals surface area contributed by atoms with E-state index in [4.69, 9.17) is 9.72 Å². The van der Waals surface area contributed by atoms with Crippen LogP contribution < -0.4 is 9.64 Å².